The summed E-state index contributed by atoms with van der Waals surface area (Å²) in [5.41, 5.74) is 2.49. The van der Waals surface area contributed by atoms with Crippen molar-refractivity contribution in [2.45, 2.75) is 20.5 Å². The lowest BCUT2D eigenvalue weighted by Crippen LogP contribution is -2.22. The molecule has 0 unspecified atom stereocenters. The molecule has 0 bridgehead atoms. The van der Waals surface area contributed by atoms with Gasteiger partial charge in [0.2, 0.25) is 5.78 Å². The van der Waals surface area contributed by atoms with Gasteiger partial charge in [0.25, 0.3) is 0 Å². The van der Waals surface area contributed by atoms with Crippen molar-refractivity contribution in [3.05, 3.63) is 77.0 Å². The van der Waals surface area contributed by atoms with Gasteiger partial charge in [0.1, 0.15) is 19.0 Å². The van der Waals surface area contributed by atoms with Crippen LogP contribution in [0.3, 0.4) is 0 Å². The van der Waals surface area contributed by atoms with E-state index in [1.54, 1.807) is 31.2 Å². The van der Waals surface area contributed by atoms with E-state index in [2.05, 4.69) is 23.1 Å². The first-order valence-electron chi connectivity index (χ1n) is 9.00. The summed E-state index contributed by atoms with van der Waals surface area (Å²) >= 11 is 0. The average molecular weight is 408 g/mol. The molecule has 154 valence electrons. The van der Waals surface area contributed by atoms with Gasteiger partial charge in [-0.15, -0.1) is 0 Å². The van der Waals surface area contributed by atoms with Gasteiger partial charge >= 0.3 is 11.9 Å². The normalized spacial score (nSPS) is 17.5. The molecule has 1 aromatic heterocycles. The molecule has 2 heterocycles. The van der Waals surface area contributed by atoms with Gasteiger partial charge in [-0.1, -0.05) is 13.2 Å². The predicted molar refractivity (Wildman–Crippen MR) is 109 cm³/mol. The van der Waals surface area contributed by atoms with Crippen LogP contribution < -0.4 is 0 Å². The van der Waals surface area contributed by atoms with Crippen LogP contribution >= 0.6 is 0 Å². The molecule has 1 aliphatic heterocycles. The highest BCUT2D eigenvalue weighted by Gasteiger charge is 2.38. The zero-order valence-electron chi connectivity index (χ0n) is 16.6. The Balaban J connectivity index is 1.72. The molecule has 2 N–H and O–H groups in total. The number of ketones is 1. The number of aromatic nitrogens is 1. The number of carbonyl (C=O) groups is 3. The summed E-state index contributed by atoms with van der Waals surface area (Å²) < 4.78 is 10.1. The number of aliphatic hydroxyl groups is 1. The zero-order chi connectivity index (χ0) is 22.0. The van der Waals surface area contributed by atoms with Gasteiger partial charge in [-0.2, -0.15) is 0 Å². The van der Waals surface area contributed by atoms with Gasteiger partial charge in [-0.25, -0.2) is 14.6 Å². The Morgan fingerprint density at radius 2 is 1.67 bits per heavy atom. The van der Waals surface area contributed by atoms with E-state index < -0.39 is 11.9 Å². The van der Waals surface area contributed by atoms with Gasteiger partial charge in [0.15, 0.2) is 0 Å². The summed E-state index contributed by atoms with van der Waals surface area (Å²) in [5.74, 6) is -1.61. The third-order valence-corrected chi connectivity index (χ3v) is 4.30. The number of nitrogens with zero attached hydrogens (tertiary/aromatic N) is 1. The maximum absolute atomic E-state index is 12.6. The van der Waals surface area contributed by atoms with E-state index in [0.29, 0.717) is 22.8 Å². The molecule has 0 saturated heterocycles. The first-order chi connectivity index (χ1) is 14.2. The standard InChI is InChI=1S/C22H20N2O6/c1-11(2)21(27)29-9-13-5-7-15(23-13)17-19(25)18(20(17)26)16-8-6-14(24-16)10-30-22(28)12(3)4/h5-8,23,25H,1,3,9-10H2,2,4H3/b18-16-. The highest BCUT2D eigenvalue weighted by molar-refractivity contribution is 6.39. The smallest absolute Gasteiger partial charge is 0.333 e. The van der Waals surface area contributed by atoms with E-state index in [-0.39, 0.29) is 47.0 Å². The molecule has 3 rings (SSSR count). The predicted octanol–water partition coefficient (Wildman–Crippen LogP) is 2.87. The number of nitrogens with one attached hydrogen (secondary N) is 1. The van der Waals surface area contributed by atoms with Crippen molar-refractivity contribution in [1.82, 2.24) is 4.98 Å². The first-order valence-corrected chi connectivity index (χ1v) is 9.00. The fourth-order valence-electron chi connectivity index (χ4n) is 2.71. The summed E-state index contributed by atoms with van der Waals surface area (Å²) in [7, 11) is 0. The Morgan fingerprint density at radius 3 is 2.27 bits per heavy atom. The van der Waals surface area contributed by atoms with Gasteiger partial charge < -0.3 is 19.6 Å². The number of hydrogen-bond acceptors (Lipinski definition) is 7. The Morgan fingerprint density at radius 1 is 1.03 bits per heavy atom. The minimum atomic E-state index is -0.534. The fourth-order valence-corrected chi connectivity index (χ4v) is 2.71. The van der Waals surface area contributed by atoms with Crippen LogP contribution in [0.25, 0.3) is 5.57 Å². The molecule has 0 fully saturated rings. The van der Waals surface area contributed by atoms with Crippen LogP contribution in [0.4, 0.5) is 0 Å². The second kappa shape index (κ2) is 8.20. The van der Waals surface area contributed by atoms with Crippen molar-refractivity contribution in [2.24, 2.45) is 4.99 Å². The second-order valence-corrected chi connectivity index (χ2v) is 6.86. The molecule has 2 aliphatic rings. The van der Waals surface area contributed by atoms with E-state index >= 15 is 0 Å². The lowest BCUT2D eigenvalue weighted by Gasteiger charge is -2.21. The molecule has 0 spiro atoms. The third-order valence-electron chi connectivity index (χ3n) is 4.30. The van der Waals surface area contributed by atoms with Gasteiger partial charge in [0, 0.05) is 11.1 Å². The van der Waals surface area contributed by atoms with Crippen LogP contribution in [0.1, 0.15) is 25.2 Å². The van der Waals surface area contributed by atoms with E-state index in [1.165, 1.54) is 6.92 Å². The van der Waals surface area contributed by atoms with Crippen molar-refractivity contribution in [1.29, 1.82) is 0 Å². The number of aromatic amines is 1. The van der Waals surface area contributed by atoms with E-state index in [0.717, 1.165) is 0 Å². The average Bonchev–Trinajstić information content (AvgIpc) is 3.34. The van der Waals surface area contributed by atoms with E-state index in [9.17, 15) is 19.5 Å². The Hall–Kier alpha value is -3.94. The van der Waals surface area contributed by atoms with Crippen molar-refractivity contribution < 1.29 is 29.0 Å². The Labute approximate surface area is 172 Å². The number of allylic oxidation sites excluding steroid dienone is 3. The maximum Gasteiger partial charge on any atom is 0.333 e. The third kappa shape index (κ3) is 4.07. The van der Waals surface area contributed by atoms with Gasteiger partial charge in [-0.05, 0) is 38.1 Å². The monoisotopic (exact) mass is 408 g/mol. The van der Waals surface area contributed by atoms with Crippen LogP contribution in [0.2, 0.25) is 0 Å². The van der Waals surface area contributed by atoms with Crippen molar-refractivity contribution in [3.63, 3.8) is 0 Å². The van der Waals surface area contributed by atoms with Crippen LogP contribution in [-0.4, -0.2) is 40.1 Å². The second-order valence-electron chi connectivity index (χ2n) is 6.86. The topological polar surface area (TPSA) is 118 Å². The van der Waals surface area contributed by atoms with Crippen molar-refractivity contribution in [2.75, 3.05) is 6.61 Å². The molecule has 0 atom stereocenters. The van der Waals surface area contributed by atoms with Gasteiger partial charge in [-0.3, -0.25) is 4.79 Å². The molecule has 0 amide bonds. The molecule has 1 aliphatic carbocycles. The molecular weight excluding hydrogens is 388 g/mol. The summed E-state index contributed by atoms with van der Waals surface area (Å²) in [4.78, 5) is 42.7. The number of rotatable bonds is 7. The molecule has 0 saturated carbocycles. The quantitative estimate of drug-likeness (QED) is 0.529. The summed E-state index contributed by atoms with van der Waals surface area (Å²) in [6.45, 7) is 10.0. The Kier molecular flexibility index (Phi) is 5.68. The fraction of sp³-hybridized carbons (Fsp3) is 0.182. The molecule has 8 nitrogen and oxygen atoms in total. The van der Waals surface area contributed by atoms with Crippen LogP contribution in [0.15, 0.2) is 70.6 Å². The number of carbonyl (C=O) groups excluding carboxylic acids is 3. The molecule has 8 heteroatoms. The van der Waals surface area contributed by atoms with E-state index in [1.807, 2.05) is 0 Å². The molecule has 1 aromatic rings. The van der Waals surface area contributed by atoms with Gasteiger partial charge in [0.05, 0.1) is 33.9 Å². The summed E-state index contributed by atoms with van der Waals surface area (Å²) in [6.07, 6.45) is 3.18. The SMILES string of the molecule is C=C(C)C(=O)OCC1=N/C(=C2\C(=O)C(c3ccc(COC(=O)C(=C)C)[nH]3)=C2O)C=C1. The number of H-pyrrole nitrogens is 1. The van der Waals surface area contributed by atoms with Crippen molar-refractivity contribution >= 4 is 29.0 Å². The minimum Gasteiger partial charge on any atom is -0.506 e. The molecule has 0 radical (unpaired) electrons. The number of aliphatic imine (C=N–C) groups is 1. The Bertz CT molecular complexity index is 1110. The largest absolute Gasteiger partial charge is 0.506 e. The van der Waals surface area contributed by atoms with Crippen LogP contribution in [-0.2, 0) is 30.5 Å². The first kappa shape index (κ1) is 20.8. The summed E-state index contributed by atoms with van der Waals surface area (Å²) in [6, 6.07) is 3.27. The minimum absolute atomic E-state index is 0.0127. The molecule has 30 heavy (non-hydrogen) atoms. The number of Topliss-reactive ketones (excluding diaryl/α,β-unsaturated/α-hetero) is 1. The van der Waals surface area contributed by atoms with Crippen LogP contribution in [0, 0.1) is 0 Å². The maximum atomic E-state index is 12.6. The summed E-state index contributed by atoms with van der Waals surface area (Å²) in [5, 5.41) is 10.4. The molecule has 0 aromatic carbocycles. The molecular formula is C22H20N2O6. The number of ether oxygens (including phenoxy) is 2. The lowest BCUT2D eigenvalue weighted by molar-refractivity contribution is -0.140. The number of esters is 2. The lowest BCUT2D eigenvalue weighted by atomic mass is 9.85. The number of hydrogen-bond donors (Lipinski definition) is 2. The zero-order valence-corrected chi connectivity index (χ0v) is 16.6. The highest BCUT2D eigenvalue weighted by atomic mass is 16.5. The van der Waals surface area contributed by atoms with Crippen LogP contribution in [0.5, 0.6) is 0 Å². The van der Waals surface area contributed by atoms with E-state index in [4.69, 9.17) is 9.47 Å². The van der Waals surface area contributed by atoms with Crippen molar-refractivity contribution in [3.8, 4) is 0 Å². The highest BCUT2D eigenvalue weighted by Crippen LogP contribution is 2.38. The number of aliphatic hydroxyl groups excluding tert-OH is 1.